The van der Waals surface area contributed by atoms with Gasteiger partial charge in [-0.2, -0.15) is 0 Å². The van der Waals surface area contributed by atoms with Crippen molar-refractivity contribution in [1.82, 2.24) is 0 Å². The van der Waals surface area contributed by atoms with Crippen molar-refractivity contribution in [3.63, 3.8) is 0 Å². The number of alkyl halides is 3. The number of halogens is 3. The van der Waals surface area contributed by atoms with Crippen LogP contribution in [0.1, 0.15) is 0 Å². The molecule has 76 valence electrons. The van der Waals surface area contributed by atoms with E-state index in [-0.39, 0.29) is 10.6 Å². The fourth-order valence-electron chi connectivity index (χ4n) is 0.999. The predicted octanol–water partition coefficient (Wildman–Crippen LogP) is 1.91. The van der Waals surface area contributed by atoms with Gasteiger partial charge in [-0.3, -0.25) is 5.41 Å². The first-order chi connectivity index (χ1) is 6.43. The van der Waals surface area contributed by atoms with Crippen molar-refractivity contribution >= 4 is 11.6 Å². The van der Waals surface area contributed by atoms with Gasteiger partial charge in [-0.15, -0.1) is 13.2 Å². The van der Waals surface area contributed by atoms with Gasteiger partial charge >= 0.3 is 6.30 Å². The summed E-state index contributed by atoms with van der Waals surface area (Å²) in [4.78, 5) is -0.201. The molecule has 0 radical (unpaired) electrons. The number of hydrogen-bond acceptors (Lipinski definition) is 1. The molecule has 3 N–H and O–H groups in total. The van der Waals surface area contributed by atoms with Crippen molar-refractivity contribution < 1.29 is 13.2 Å². The Bertz CT molecular complexity index is 320. The first kappa shape index (κ1) is 10.4. The Morgan fingerprint density at radius 3 is 2.07 bits per heavy atom. The lowest BCUT2D eigenvalue weighted by Crippen LogP contribution is -2.46. The number of hydrogen-bond donors (Lipinski definition) is 2. The number of anilines is 1. The lowest BCUT2D eigenvalue weighted by Gasteiger charge is -2.24. The van der Waals surface area contributed by atoms with Gasteiger partial charge < -0.3 is 5.73 Å². The largest absolute Gasteiger partial charge is 0.491 e. The van der Waals surface area contributed by atoms with E-state index in [9.17, 15) is 13.2 Å². The van der Waals surface area contributed by atoms with Crippen LogP contribution in [0.4, 0.5) is 18.9 Å². The molecule has 0 aliphatic rings. The Hall–Kier alpha value is -1.72. The van der Waals surface area contributed by atoms with Crippen molar-refractivity contribution in [1.29, 1.82) is 5.41 Å². The van der Waals surface area contributed by atoms with Gasteiger partial charge in [-0.05, 0) is 12.1 Å². The van der Waals surface area contributed by atoms with Gasteiger partial charge in [0.2, 0.25) is 0 Å². The maximum atomic E-state index is 12.4. The topological polar surface area (TPSA) is 53.1 Å². The van der Waals surface area contributed by atoms with E-state index >= 15 is 0 Å². The van der Waals surface area contributed by atoms with Crippen molar-refractivity contribution in [2.24, 2.45) is 5.73 Å². The normalized spacial score (nSPS) is 11.1. The molecule has 0 saturated heterocycles. The summed E-state index contributed by atoms with van der Waals surface area (Å²) in [5.74, 6) is -1.05. The number of nitrogens with two attached hydrogens (primary N) is 1. The minimum Gasteiger partial charge on any atom is -0.369 e. The van der Waals surface area contributed by atoms with Crippen LogP contribution in [-0.2, 0) is 0 Å². The molecule has 14 heavy (non-hydrogen) atoms. The molecule has 1 aromatic rings. The van der Waals surface area contributed by atoms with Crippen molar-refractivity contribution in [2.75, 3.05) is 4.90 Å². The van der Waals surface area contributed by atoms with Gasteiger partial charge in [0.05, 0.1) is 5.69 Å². The molecule has 0 aliphatic carbocycles. The monoisotopic (exact) mass is 203 g/mol. The van der Waals surface area contributed by atoms with E-state index in [0.717, 1.165) is 0 Å². The lowest BCUT2D eigenvalue weighted by molar-refractivity contribution is -0.118. The summed E-state index contributed by atoms with van der Waals surface area (Å²) in [5, 5.41) is 6.83. The van der Waals surface area contributed by atoms with Crippen molar-refractivity contribution in [3.05, 3.63) is 30.3 Å². The molecule has 0 aromatic heterocycles. The molecule has 0 unspecified atom stereocenters. The van der Waals surface area contributed by atoms with Gasteiger partial charge in [0.25, 0.3) is 0 Å². The molecule has 6 heteroatoms. The third-order valence-corrected chi connectivity index (χ3v) is 1.51. The van der Waals surface area contributed by atoms with Gasteiger partial charge in [0.15, 0.2) is 5.96 Å². The second-order valence-electron chi connectivity index (χ2n) is 2.52. The van der Waals surface area contributed by atoms with Crippen LogP contribution in [0.2, 0.25) is 0 Å². The Balaban J connectivity index is 3.08. The number of nitrogens with zero attached hydrogens (tertiary/aromatic N) is 1. The van der Waals surface area contributed by atoms with Crippen LogP contribution in [-0.4, -0.2) is 12.3 Å². The van der Waals surface area contributed by atoms with E-state index in [4.69, 9.17) is 11.1 Å². The number of rotatable bonds is 1. The number of nitrogens with one attached hydrogen (secondary N) is 1. The number of para-hydroxylation sites is 1. The molecule has 0 fully saturated rings. The quantitative estimate of drug-likeness (QED) is 0.416. The summed E-state index contributed by atoms with van der Waals surface area (Å²) in [6, 6.07) is 6.93. The minimum absolute atomic E-state index is 0.174. The van der Waals surface area contributed by atoms with Gasteiger partial charge in [-0.1, -0.05) is 18.2 Å². The molecule has 0 amide bonds. The van der Waals surface area contributed by atoms with E-state index in [2.05, 4.69) is 0 Å². The summed E-state index contributed by atoms with van der Waals surface area (Å²) in [6.45, 7) is 0. The Morgan fingerprint density at radius 1 is 1.21 bits per heavy atom. The minimum atomic E-state index is -4.67. The Labute approximate surface area is 78.4 Å². The highest BCUT2D eigenvalue weighted by Crippen LogP contribution is 2.27. The van der Waals surface area contributed by atoms with Crippen LogP contribution in [0.5, 0.6) is 0 Å². The van der Waals surface area contributed by atoms with E-state index in [1.165, 1.54) is 24.3 Å². The molecular formula is C8H8F3N3. The standard InChI is InChI=1S/C8H8F3N3/c9-8(10,11)14(7(12)13)6-4-2-1-3-5-6/h1-5H,(H3,12,13). The van der Waals surface area contributed by atoms with Crippen molar-refractivity contribution in [2.45, 2.75) is 6.30 Å². The maximum absolute atomic E-state index is 12.4. The smallest absolute Gasteiger partial charge is 0.369 e. The van der Waals surface area contributed by atoms with Crippen LogP contribution in [0, 0.1) is 5.41 Å². The van der Waals surface area contributed by atoms with E-state index < -0.39 is 12.3 Å². The van der Waals surface area contributed by atoms with Gasteiger partial charge in [0, 0.05) is 0 Å². The predicted molar refractivity (Wildman–Crippen MR) is 46.9 cm³/mol. The first-order valence-electron chi connectivity index (χ1n) is 3.69. The van der Waals surface area contributed by atoms with Crippen LogP contribution >= 0.6 is 0 Å². The maximum Gasteiger partial charge on any atom is 0.491 e. The summed E-state index contributed by atoms with van der Waals surface area (Å²) in [5.41, 5.74) is 4.67. The fourth-order valence-corrected chi connectivity index (χ4v) is 0.999. The average molecular weight is 203 g/mol. The molecule has 0 atom stereocenters. The number of benzene rings is 1. The lowest BCUT2D eigenvalue weighted by atomic mass is 10.3. The third-order valence-electron chi connectivity index (χ3n) is 1.51. The summed E-state index contributed by atoms with van der Waals surface area (Å²) < 4.78 is 37.1. The van der Waals surface area contributed by atoms with Gasteiger partial charge in [-0.25, -0.2) is 4.90 Å². The van der Waals surface area contributed by atoms with E-state index in [0.29, 0.717) is 0 Å². The second kappa shape index (κ2) is 3.57. The zero-order chi connectivity index (χ0) is 10.8. The number of guanidine groups is 1. The third kappa shape index (κ3) is 2.15. The Morgan fingerprint density at radius 2 is 1.71 bits per heavy atom. The fraction of sp³-hybridized carbons (Fsp3) is 0.125. The van der Waals surface area contributed by atoms with Crippen LogP contribution in [0.3, 0.4) is 0 Å². The molecule has 3 nitrogen and oxygen atoms in total. The van der Waals surface area contributed by atoms with Crippen molar-refractivity contribution in [3.8, 4) is 0 Å². The zero-order valence-corrected chi connectivity index (χ0v) is 7.05. The first-order valence-corrected chi connectivity index (χ1v) is 3.69. The molecule has 1 rings (SSSR count). The van der Waals surface area contributed by atoms with E-state index in [1.54, 1.807) is 6.07 Å². The summed E-state index contributed by atoms with van der Waals surface area (Å²) in [6.07, 6.45) is -4.67. The SMILES string of the molecule is N=C(N)N(c1ccccc1)C(F)(F)F. The molecule has 0 saturated carbocycles. The molecule has 0 heterocycles. The highest BCUT2D eigenvalue weighted by atomic mass is 19.4. The molecule has 0 aliphatic heterocycles. The second-order valence-corrected chi connectivity index (χ2v) is 2.52. The zero-order valence-electron chi connectivity index (χ0n) is 7.05. The Kier molecular flexibility index (Phi) is 2.64. The van der Waals surface area contributed by atoms with Crippen LogP contribution in [0.15, 0.2) is 30.3 Å². The van der Waals surface area contributed by atoms with Crippen LogP contribution < -0.4 is 10.6 Å². The molecule has 0 spiro atoms. The van der Waals surface area contributed by atoms with Gasteiger partial charge in [0.1, 0.15) is 0 Å². The summed E-state index contributed by atoms with van der Waals surface area (Å²) >= 11 is 0. The van der Waals surface area contributed by atoms with Crippen LogP contribution in [0.25, 0.3) is 0 Å². The molecule has 0 bridgehead atoms. The highest BCUT2D eigenvalue weighted by Gasteiger charge is 2.39. The molecular weight excluding hydrogens is 195 g/mol. The summed E-state index contributed by atoms with van der Waals surface area (Å²) in [7, 11) is 0. The highest BCUT2D eigenvalue weighted by molar-refractivity contribution is 5.92. The average Bonchev–Trinajstić information content (AvgIpc) is 2.02. The molecule has 1 aromatic carbocycles. The van der Waals surface area contributed by atoms with E-state index in [1.807, 2.05) is 0 Å².